The summed E-state index contributed by atoms with van der Waals surface area (Å²) in [7, 11) is 1.67. The molecule has 0 unspecified atom stereocenters. The number of aromatic amines is 1. The molecule has 45 heavy (non-hydrogen) atoms. The van der Waals surface area contributed by atoms with Gasteiger partial charge in [-0.3, -0.25) is 0 Å². The first-order chi connectivity index (χ1) is 21.8. The second-order valence-corrected chi connectivity index (χ2v) is 15.1. The molecule has 240 valence electrons. The molecular weight excluding hydrogens is 564 g/mol. The summed E-state index contributed by atoms with van der Waals surface area (Å²) in [5.41, 5.74) is 5.34. The fraction of sp³-hybridized carbons (Fsp3) is 0.605. The van der Waals surface area contributed by atoms with Gasteiger partial charge in [-0.2, -0.15) is 0 Å². The van der Waals surface area contributed by atoms with Crippen LogP contribution in [0.4, 0.5) is 4.79 Å². The molecule has 2 saturated heterocycles. The summed E-state index contributed by atoms with van der Waals surface area (Å²) in [5.74, 6) is 4.76. The van der Waals surface area contributed by atoms with E-state index in [0.29, 0.717) is 65.7 Å². The van der Waals surface area contributed by atoms with Gasteiger partial charge < -0.3 is 29.2 Å². The van der Waals surface area contributed by atoms with Crippen LogP contribution in [0.1, 0.15) is 81.9 Å². The fourth-order valence-electron chi connectivity index (χ4n) is 10.6. The van der Waals surface area contributed by atoms with Gasteiger partial charge in [0.2, 0.25) is 0 Å². The molecule has 2 aliphatic heterocycles. The van der Waals surface area contributed by atoms with Crippen molar-refractivity contribution < 1.29 is 23.7 Å². The first kappa shape index (κ1) is 29.4. The van der Waals surface area contributed by atoms with Crippen LogP contribution in [0.25, 0.3) is 10.9 Å². The predicted molar refractivity (Wildman–Crippen MR) is 174 cm³/mol. The van der Waals surface area contributed by atoms with Crippen molar-refractivity contribution in [2.45, 2.75) is 89.9 Å². The number of aryl methyl sites for hydroxylation is 1. The molecule has 2 aromatic carbocycles. The molecule has 8 rings (SSSR count). The van der Waals surface area contributed by atoms with Crippen molar-refractivity contribution in [3.63, 3.8) is 0 Å². The van der Waals surface area contributed by atoms with E-state index in [1.54, 1.807) is 7.11 Å². The molecule has 7 heteroatoms. The van der Waals surface area contributed by atoms with Crippen molar-refractivity contribution in [1.29, 1.82) is 0 Å². The summed E-state index contributed by atoms with van der Waals surface area (Å²) in [6, 6.07) is 12.3. The molecule has 1 aromatic heterocycles. The zero-order valence-electron chi connectivity index (χ0n) is 27.2. The van der Waals surface area contributed by atoms with E-state index >= 15 is 0 Å². The van der Waals surface area contributed by atoms with Gasteiger partial charge in [0.1, 0.15) is 11.5 Å². The molecule has 3 aliphatic carbocycles. The number of carbonyl (C=O) groups excluding carboxylic acids is 1. The van der Waals surface area contributed by atoms with Gasteiger partial charge >= 0.3 is 6.09 Å². The molecule has 1 spiro atoms. The smallest absolute Gasteiger partial charge is 0.412 e. The molecule has 0 bridgehead atoms. The van der Waals surface area contributed by atoms with Crippen LogP contribution in [0, 0.1) is 35.0 Å². The zero-order chi connectivity index (χ0) is 30.9. The standard InChI is InChI=1S/C38H48N2O5/c1-22-11-15-38(43-21-22)23(2)35-34(45-38)19-32-30-8-5-24-17-27(6-9-28(24)29(30)12-14-37(32,35)3)44-36(41)39-16-13-25-20-40-33-10-7-26(42-4)18-31(25)33/h6-7,9-10,17-18,20,22-23,29-30,32,34-35,40H,5,8,11-16,19,21H2,1-4H3,(H,39,41)/t22-,23+,29-,30-,32+,34+,35+,37+,38-/m1/s1. The number of benzene rings is 2. The minimum Gasteiger partial charge on any atom is -0.497 e. The third-order valence-corrected chi connectivity index (χ3v) is 12.8. The van der Waals surface area contributed by atoms with Crippen molar-refractivity contribution >= 4 is 17.0 Å². The van der Waals surface area contributed by atoms with Gasteiger partial charge in [-0.25, -0.2) is 4.79 Å². The Balaban J connectivity index is 0.902. The predicted octanol–water partition coefficient (Wildman–Crippen LogP) is 7.77. The first-order valence-electron chi connectivity index (χ1n) is 17.3. The average molecular weight is 613 g/mol. The van der Waals surface area contributed by atoms with Crippen LogP contribution in [0.3, 0.4) is 0 Å². The third kappa shape index (κ3) is 4.79. The summed E-state index contributed by atoms with van der Waals surface area (Å²) in [6.45, 7) is 8.63. The number of amides is 1. The average Bonchev–Trinajstić information content (AvgIpc) is 3.67. The number of methoxy groups -OCH3 is 1. The van der Waals surface area contributed by atoms with Crippen LogP contribution in [0.2, 0.25) is 0 Å². The number of fused-ring (bicyclic) bond motifs is 8. The monoisotopic (exact) mass is 612 g/mol. The highest BCUT2D eigenvalue weighted by atomic mass is 16.7. The highest BCUT2D eigenvalue weighted by Crippen LogP contribution is 2.69. The molecule has 2 N–H and O–H groups in total. The first-order valence-corrected chi connectivity index (χ1v) is 17.3. The van der Waals surface area contributed by atoms with Crippen molar-refractivity contribution in [3.8, 4) is 11.5 Å². The number of aromatic nitrogens is 1. The topological polar surface area (TPSA) is 81.8 Å². The van der Waals surface area contributed by atoms with Crippen molar-refractivity contribution in [3.05, 3.63) is 59.3 Å². The Morgan fingerprint density at radius 2 is 1.96 bits per heavy atom. The number of nitrogens with one attached hydrogen (secondary N) is 2. The lowest BCUT2D eigenvalue weighted by molar-refractivity contribution is -0.272. The van der Waals surface area contributed by atoms with E-state index in [9.17, 15) is 4.79 Å². The van der Waals surface area contributed by atoms with E-state index in [4.69, 9.17) is 18.9 Å². The van der Waals surface area contributed by atoms with E-state index in [1.165, 1.54) is 43.2 Å². The van der Waals surface area contributed by atoms with Crippen molar-refractivity contribution in [2.24, 2.45) is 35.0 Å². The molecular formula is C38H48N2O5. The van der Waals surface area contributed by atoms with E-state index in [0.717, 1.165) is 41.7 Å². The Bertz CT molecular complexity index is 1590. The molecule has 5 aliphatic rings. The van der Waals surface area contributed by atoms with Crippen molar-refractivity contribution in [2.75, 3.05) is 20.3 Å². The Hall–Kier alpha value is -3.03. The van der Waals surface area contributed by atoms with Crippen LogP contribution in [-0.4, -0.2) is 43.2 Å². The zero-order valence-corrected chi connectivity index (χ0v) is 27.2. The Morgan fingerprint density at radius 1 is 1.09 bits per heavy atom. The molecule has 3 aromatic rings. The third-order valence-electron chi connectivity index (χ3n) is 12.8. The van der Waals surface area contributed by atoms with E-state index in [2.05, 4.69) is 43.2 Å². The van der Waals surface area contributed by atoms with Gasteiger partial charge in [-0.05, 0) is 127 Å². The van der Waals surface area contributed by atoms with Gasteiger partial charge in [0, 0.05) is 36.0 Å². The van der Waals surface area contributed by atoms with Crippen LogP contribution in [-0.2, 0) is 22.3 Å². The Morgan fingerprint density at radius 3 is 2.78 bits per heavy atom. The Labute approximate surface area is 266 Å². The highest BCUT2D eigenvalue weighted by molar-refractivity contribution is 5.84. The van der Waals surface area contributed by atoms with Gasteiger partial charge in [0.05, 0.1) is 19.8 Å². The number of H-pyrrole nitrogens is 1. The molecule has 4 fully saturated rings. The van der Waals surface area contributed by atoms with Gasteiger partial charge in [-0.15, -0.1) is 0 Å². The second kappa shape index (κ2) is 11.0. The molecule has 7 nitrogen and oxygen atoms in total. The van der Waals surface area contributed by atoms with Crippen LogP contribution >= 0.6 is 0 Å². The maximum absolute atomic E-state index is 12.7. The van der Waals surface area contributed by atoms with Crippen LogP contribution in [0.15, 0.2) is 42.6 Å². The minimum absolute atomic E-state index is 0.318. The quantitative estimate of drug-likeness (QED) is 0.308. The largest absolute Gasteiger partial charge is 0.497 e. The number of rotatable bonds is 5. The van der Waals surface area contributed by atoms with Gasteiger partial charge in [0.15, 0.2) is 5.79 Å². The fourth-order valence-corrected chi connectivity index (χ4v) is 10.6. The SMILES string of the molecule is COc1ccc2[nH]cc(CCNC(=O)Oc3ccc4c(c3)CC[C@@H]3[C@@H]4CC[C@]4(C)[C@@H]5[C@H](C[C@@H]34)O[C@]3(CC[C@@H](C)CO3)[C@H]5C)c2c1. The van der Waals surface area contributed by atoms with E-state index in [-0.39, 0.29) is 5.79 Å². The second-order valence-electron chi connectivity index (χ2n) is 15.1. The van der Waals surface area contributed by atoms with Crippen LogP contribution in [0.5, 0.6) is 11.5 Å². The lowest BCUT2D eigenvalue weighted by atomic mass is 9.53. The molecule has 1 amide bonds. The Kier molecular flexibility index (Phi) is 7.21. The maximum Gasteiger partial charge on any atom is 0.412 e. The number of hydrogen-bond acceptors (Lipinski definition) is 5. The lowest BCUT2D eigenvalue weighted by Gasteiger charge is -2.52. The van der Waals surface area contributed by atoms with Gasteiger partial charge in [-0.1, -0.05) is 26.8 Å². The van der Waals surface area contributed by atoms with E-state index < -0.39 is 6.09 Å². The number of hydrogen-bond donors (Lipinski definition) is 2. The molecule has 0 radical (unpaired) electrons. The minimum atomic E-state index is -0.407. The van der Waals surface area contributed by atoms with Crippen molar-refractivity contribution in [1.82, 2.24) is 10.3 Å². The lowest BCUT2D eigenvalue weighted by Crippen LogP contribution is -2.48. The number of ether oxygens (including phenoxy) is 4. The summed E-state index contributed by atoms with van der Waals surface area (Å²) in [5, 5.41) is 4.05. The molecule has 9 atom stereocenters. The van der Waals surface area contributed by atoms with Crippen LogP contribution < -0.4 is 14.8 Å². The summed E-state index contributed by atoms with van der Waals surface area (Å²) in [4.78, 5) is 16.0. The normalized spacial score (nSPS) is 36.7. The summed E-state index contributed by atoms with van der Waals surface area (Å²) in [6.07, 6.45) is 10.8. The molecule has 2 saturated carbocycles. The van der Waals surface area contributed by atoms with Gasteiger partial charge in [0.25, 0.3) is 0 Å². The van der Waals surface area contributed by atoms with E-state index in [1.807, 2.05) is 30.5 Å². The summed E-state index contributed by atoms with van der Waals surface area (Å²) >= 11 is 0. The molecule has 3 heterocycles. The highest BCUT2D eigenvalue weighted by Gasteiger charge is 2.67. The number of carbonyl (C=O) groups is 1. The summed E-state index contributed by atoms with van der Waals surface area (Å²) < 4.78 is 24.6. The maximum atomic E-state index is 12.7.